The molecule has 0 radical (unpaired) electrons. The Labute approximate surface area is 107 Å². The summed E-state index contributed by atoms with van der Waals surface area (Å²) in [6.07, 6.45) is 0.363. The SMILES string of the molecule is COCCc1nc2cc(F)c(F)cc2n1CC(=O)O. The van der Waals surface area contributed by atoms with Crippen LogP contribution in [0, 0.1) is 11.6 Å². The summed E-state index contributed by atoms with van der Waals surface area (Å²) in [4.78, 5) is 15.0. The molecule has 0 aliphatic heterocycles. The second-order valence-corrected chi connectivity index (χ2v) is 4.01. The van der Waals surface area contributed by atoms with Gasteiger partial charge >= 0.3 is 5.97 Å². The van der Waals surface area contributed by atoms with E-state index in [0.29, 0.717) is 18.9 Å². The number of aliphatic carboxylic acids is 1. The average Bonchev–Trinajstić information content (AvgIpc) is 2.65. The van der Waals surface area contributed by atoms with E-state index in [0.717, 1.165) is 12.1 Å². The van der Waals surface area contributed by atoms with Crippen molar-refractivity contribution in [1.82, 2.24) is 9.55 Å². The van der Waals surface area contributed by atoms with Crippen molar-refractivity contribution in [3.8, 4) is 0 Å². The lowest BCUT2D eigenvalue weighted by atomic mass is 10.3. The molecular weight excluding hydrogens is 258 g/mol. The summed E-state index contributed by atoms with van der Waals surface area (Å²) in [7, 11) is 1.50. The number of nitrogens with zero attached hydrogens (tertiary/aromatic N) is 2. The van der Waals surface area contributed by atoms with Gasteiger partial charge in [-0.25, -0.2) is 13.8 Å². The fourth-order valence-electron chi connectivity index (χ4n) is 1.87. The Morgan fingerprint density at radius 2 is 2.11 bits per heavy atom. The fourth-order valence-corrected chi connectivity index (χ4v) is 1.87. The summed E-state index contributed by atoms with van der Waals surface area (Å²) in [5, 5.41) is 8.87. The first-order chi connectivity index (χ1) is 9.02. The zero-order valence-electron chi connectivity index (χ0n) is 10.2. The number of aromatic nitrogens is 2. The van der Waals surface area contributed by atoms with E-state index in [9.17, 15) is 13.6 Å². The predicted octanol–water partition coefficient (Wildman–Crippen LogP) is 1.59. The number of carboxylic acids is 1. The third-order valence-electron chi connectivity index (χ3n) is 2.69. The van der Waals surface area contributed by atoms with Crippen LogP contribution in [-0.4, -0.2) is 34.3 Å². The molecule has 0 unspecified atom stereocenters. The minimum atomic E-state index is -1.08. The summed E-state index contributed by atoms with van der Waals surface area (Å²) < 4.78 is 32.6. The van der Waals surface area contributed by atoms with Crippen molar-refractivity contribution in [2.24, 2.45) is 0 Å². The third-order valence-corrected chi connectivity index (χ3v) is 2.69. The Morgan fingerprint density at radius 3 is 2.74 bits per heavy atom. The molecule has 0 spiro atoms. The van der Waals surface area contributed by atoms with E-state index in [4.69, 9.17) is 9.84 Å². The Kier molecular flexibility index (Phi) is 3.75. The highest BCUT2D eigenvalue weighted by Gasteiger charge is 2.15. The molecule has 0 bridgehead atoms. The predicted molar refractivity (Wildman–Crippen MR) is 62.9 cm³/mol. The summed E-state index contributed by atoms with van der Waals surface area (Å²) in [5.41, 5.74) is 0.485. The van der Waals surface area contributed by atoms with Crippen molar-refractivity contribution in [3.63, 3.8) is 0 Å². The number of carbonyl (C=O) groups is 1. The Balaban J connectivity index is 2.55. The van der Waals surface area contributed by atoms with Gasteiger partial charge in [-0.3, -0.25) is 4.79 Å². The molecule has 0 aliphatic rings. The Morgan fingerprint density at radius 1 is 1.42 bits per heavy atom. The molecule has 0 saturated heterocycles. The molecular formula is C12H12F2N2O3. The van der Waals surface area contributed by atoms with E-state index in [1.165, 1.54) is 11.7 Å². The summed E-state index contributed by atoms with van der Waals surface area (Å²) in [6, 6.07) is 1.91. The maximum absolute atomic E-state index is 13.2. The second-order valence-electron chi connectivity index (χ2n) is 4.01. The van der Waals surface area contributed by atoms with Gasteiger partial charge in [0.15, 0.2) is 11.6 Å². The highest BCUT2D eigenvalue weighted by molar-refractivity contribution is 5.78. The van der Waals surface area contributed by atoms with Gasteiger partial charge in [-0.15, -0.1) is 0 Å². The Hall–Kier alpha value is -2.02. The van der Waals surface area contributed by atoms with Gasteiger partial charge in [-0.05, 0) is 0 Å². The molecule has 1 heterocycles. The van der Waals surface area contributed by atoms with Crippen LogP contribution in [0.1, 0.15) is 5.82 Å². The number of hydrogen-bond donors (Lipinski definition) is 1. The van der Waals surface area contributed by atoms with Gasteiger partial charge in [0, 0.05) is 25.7 Å². The first kappa shape index (κ1) is 13.4. The zero-order chi connectivity index (χ0) is 14.0. The van der Waals surface area contributed by atoms with Gasteiger partial charge in [0.2, 0.25) is 0 Å². The van der Waals surface area contributed by atoms with Crippen molar-refractivity contribution >= 4 is 17.0 Å². The molecule has 0 saturated carbocycles. The van der Waals surface area contributed by atoms with E-state index in [2.05, 4.69) is 4.98 Å². The van der Waals surface area contributed by atoms with Crippen LogP contribution >= 0.6 is 0 Å². The highest BCUT2D eigenvalue weighted by Crippen LogP contribution is 2.20. The highest BCUT2D eigenvalue weighted by atomic mass is 19.2. The summed E-state index contributed by atoms with van der Waals surface area (Å²) in [6.45, 7) is -0.0193. The topological polar surface area (TPSA) is 64.4 Å². The molecule has 7 heteroatoms. The lowest BCUT2D eigenvalue weighted by Gasteiger charge is -2.05. The number of imidazole rings is 1. The minimum Gasteiger partial charge on any atom is -0.480 e. The summed E-state index contributed by atoms with van der Waals surface area (Å²) >= 11 is 0. The van der Waals surface area contributed by atoms with E-state index in [-0.39, 0.29) is 17.6 Å². The molecule has 0 amide bonds. The van der Waals surface area contributed by atoms with E-state index >= 15 is 0 Å². The third kappa shape index (κ3) is 2.70. The lowest BCUT2D eigenvalue weighted by Crippen LogP contribution is -2.13. The van der Waals surface area contributed by atoms with Crippen molar-refractivity contribution in [2.75, 3.05) is 13.7 Å². The van der Waals surface area contributed by atoms with Gasteiger partial charge in [0.05, 0.1) is 17.6 Å². The van der Waals surface area contributed by atoms with Gasteiger partial charge in [0.25, 0.3) is 0 Å². The Bertz CT molecular complexity index is 625. The number of ether oxygens (including phenoxy) is 1. The molecule has 0 fully saturated rings. The van der Waals surface area contributed by atoms with Crippen LogP contribution in [0.3, 0.4) is 0 Å². The van der Waals surface area contributed by atoms with Crippen LogP contribution in [0.5, 0.6) is 0 Å². The van der Waals surface area contributed by atoms with Crippen molar-refractivity contribution < 1.29 is 23.4 Å². The van der Waals surface area contributed by atoms with Crippen LogP contribution in [-0.2, 0) is 22.5 Å². The number of fused-ring (bicyclic) bond motifs is 1. The average molecular weight is 270 g/mol. The molecule has 1 aromatic carbocycles. The molecule has 1 aromatic heterocycles. The molecule has 5 nitrogen and oxygen atoms in total. The number of halogens is 2. The fraction of sp³-hybridized carbons (Fsp3) is 0.333. The maximum Gasteiger partial charge on any atom is 0.323 e. The van der Waals surface area contributed by atoms with Crippen LogP contribution < -0.4 is 0 Å². The number of hydrogen-bond acceptors (Lipinski definition) is 3. The van der Waals surface area contributed by atoms with Crippen LogP contribution in [0.15, 0.2) is 12.1 Å². The van der Waals surface area contributed by atoms with E-state index < -0.39 is 17.6 Å². The quantitative estimate of drug-likeness (QED) is 0.896. The molecule has 1 N–H and O–H groups in total. The first-order valence-corrected chi connectivity index (χ1v) is 5.58. The van der Waals surface area contributed by atoms with Crippen molar-refractivity contribution in [3.05, 3.63) is 29.6 Å². The smallest absolute Gasteiger partial charge is 0.323 e. The van der Waals surface area contributed by atoms with Crippen molar-refractivity contribution in [2.45, 2.75) is 13.0 Å². The molecule has 2 rings (SSSR count). The number of benzene rings is 1. The molecule has 19 heavy (non-hydrogen) atoms. The molecule has 2 aromatic rings. The molecule has 0 atom stereocenters. The van der Waals surface area contributed by atoms with Crippen molar-refractivity contribution in [1.29, 1.82) is 0 Å². The van der Waals surface area contributed by atoms with Gasteiger partial charge in [-0.1, -0.05) is 0 Å². The summed E-state index contributed by atoms with van der Waals surface area (Å²) in [5.74, 6) is -2.70. The maximum atomic E-state index is 13.2. The largest absolute Gasteiger partial charge is 0.480 e. The normalized spacial score (nSPS) is 11.1. The molecule has 0 aliphatic carbocycles. The zero-order valence-corrected chi connectivity index (χ0v) is 10.2. The van der Waals surface area contributed by atoms with Gasteiger partial charge in [0.1, 0.15) is 12.4 Å². The van der Waals surface area contributed by atoms with Gasteiger partial charge in [-0.2, -0.15) is 0 Å². The van der Waals surface area contributed by atoms with Gasteiger partial charge < -0.3 is 14.4 Å². The van der Waals surface area contributed by atoms with Crippen LogP contribution in [0.4, 0.5) is 8.78 Å². The van der Waals surface area contributed by atoms with E-state index in [1.54, 1.807) is 0 Å². The lowest BCUT2D eigenvalue weighted by molar-refractivity contribution is -0.137. The number of rotatable bonds is 5. The van der Waals surface area contributed by atoms with Crippen LogP contribution in [0.25, 0.3) is 11.0 Å². The first-order valence-electron chi connectivity index (χ1n) is 5.58. The number of methoxy groups -OCH3 is 1. The molecule has 102 valence electrons. The standard InChI is InChI=1S/C12H12F2N2O3/c1-19-3-2-11-15-9-4-7(13)8(14)5-10(9)16(11)6-12(17)18/h4-5H,2-3,6H2,1H3,(H,17,18). The van der Waals surface area contributed by atoms with Crippen LogP contribution in [0.2, 0.25) is 0 Å². The second kappa shape index (κ2) is 5.31. The van der Waals surface area contributed by atoms with E-state index in [1.807, 2.05) is 0 Å². The minimum absolute atomic E-state index is 0.228. The number of carboxylic acid groups (broad SMARTS) is 1. The monoisotopic (exact) mass is 270 g/mol.